The Labute approximate surface area is 130 Å². The van der Waals surface area contributed by atoms with Gasteiger partial charge in [-0.1, -0.05) is 6.42 Å². The van der Waals surface area contributed by atoms with Crippen LogP contribution in [0.15, 0.2) is 0 Å². The summed E-state index contributed by atoms with van der Waals surface area (Å²) in [5, 5.41) is 12.6. The van der Waals surface area contributed by atoms with Crippen molar-refractivity contribution in [3.05, 3.63) is 0 Å². The Morgan fingerprint density at radius 3 is 2.86 bits per heavy atom. The van der Waals surface area contributed by atoms with Gasteiger partial charge in [0, 0.05) is 30.8 Å². The van der Waals surface area contributed by atoms with Crippen molar-refractivity contribution in [2.24, 2.45) is 5.92 Å². The normalized spacial score (nSPS) is 29.4. The first kappa shape index (κ1) is 16.5. The highest BCUT2D eigenvalue weighted by atomic mass is 32.2. The van der Waals surface area contributed by atoms with Crippen LogP contribution in [0.1, 0.15) is 44.9 Å². The average molecular weight is 314 g/mol. The van der Waals surface area contributed by atoms with Crippen LogP contribution >= 0.6 is 11.8 Å². The van der Waals surface area contributed by atoms with Crippen LogP contribution in [0.5, 0.6) is 0 Å². The van der Waals surface area contributed by atoms with Crippen molar-refractivity contribution < 1.29 is 14.7 Å². The van der Waals surface area contributed by atoms with E-state index in [1.54, 1.807) is 0 Å². The second kappa shape index (κ2) is 7.92. The predicted molar refractivity (Wildman–Crippen MR) is 84.6 cm³/mol. The third-order valence-corrected chi connectivity index (χ3v) is 5.72. The van der Waals surface area contributed by atoms with Crippen molar-refractivity contribution in [2.75, 3.05) is 19.3 Å². The molecule has 5 nitrogen and oxygen atoms in total. The molecule has 0 spiro atoms. The van der Waals surface area contributed by atoms with Crippen LogP contribution in [0.25, 0.3) is 0 Å². The number of hydrogen-bond donors (Lipinski definition) is 2. The lowest BCUT2D eigenvalue weighted by Crippen LogP contribution is -2.46. The van der Waals surface area contributed by atoms with Crippen molar-refractivity contribution >= 4 is 23.8 Å². The first-order valence-corrected chi connectivity index (χ1v) is 9.17. The number of rotatable bonds is 5. The summed E-state index contributed by atoms with van der Waals surface area (Å²) in [4.78, 5) is 24.7. The van der Waals surface area contributed by atoms with Gasteiger partial charge in [0.1, 0.15) is 0 Å². The molecule has 1 aliphatic carbocycles. The molecule has 0 aromatic carbocycles. The Morgan fingerprint density at radius 2 is 2.14 bits per heavy atom. The molecule has 0 aromatic rings. The Kier molecular flexibility index (Phi) is 6.21. The molecule has 2 rings (SSSR count). The molecular formula is C15H26N2O3S. The summed E-state index contributed by atoms with van der Waals surface area (Å²) in [6, 6.07) is 0.348. The summed E-state index contributed by atoms with van der Waals surface area (Å²) in [5.74, 6) is -0.402. The fraction of sp³-hybridized carbons (Fsp3) is 0.867. The molecule has 120 valence electrons. The number of hydrogen-bond acceptors (Lipinski definition) is 3. The second-order valence-corrected chi connectivity index (χ2v) is 7.34. The van der Waals surface area contributed by atoms with Gasteiger partial charge in [-0.25, -0.2) is 4.79 Å². The first-order valence-electron chi connectivity index (χ1n) is 7.88. The molecule has 3 unspecified atom stereocenters. The zero-order chi connectivity index (χ0) is 15.2. The van der Waals surface area contributed by atoms with Crippen LogP contribution in [-0.2, 0) is 4.79 Å². The summed E-state index contributed by atoms with van der Waals surface area (Å²) in [6.45, 7) is 1.46. The maximum atomic E-state index is 12.3. The number of carbonyl (C=O) groups is 2. The molecular weight excluding hydrogens is 288 g/mol. The lowest BCUT2D eigenvalue weighted by Gasteiger charge is -2.30. The van der Waals surface area contributed by atoms with Crippen molar-refractivity contribution in [3.8, 4) is 0 Å². The van der Waals surface area contributed by atoms with E-state index in [0.29, 0.717) is 30.2 Å². The number of amides is 2. The minimum absolute atomic E-state index is 0.0413. The molecule has 1 aliphatic heterocycles. The lowest BCUT2D eigenvalue weighted by atomic mass is 9.95. The summed E-state index contributed by atoms with van der Waals surface area (Å²) >= 11 is 1.90. The Hall–Kier alpha value is -0.910. The van der Waals surface area contributed by atoms with E-state index < -0.39 is 5.97 Å². The summed E-state index contributed by atoms with van der Waals surface area (Å²) < 4.78 is 0. The topological polar surface area (TPSA) is 69.6 Å². The van der Waals surface area contributed by atoms with Gasteiger partial charge in [0.15, 0.2) is 0 Å². The molecule has 3 atom stereocenters. The molecule has 0 aromatic heterocycles. The van der Waals surface area contributed by atoms with E-state index in [-0.39, 0.29) is 12.5 Å². The fourth-order valence-corrected chi connectivity index (χ4v) is 4.16. The van der Waals surface area contributed by atoms with Crippen LogP contribution in [0.4, 0.5) is 4.79 Å². The molecule has 1 heterocycles. The molecule has 2 fully saturated rings. The first-order chi connectivity index (χ1) is 10.1. The van der Waals surface area contributed by atoms with Crippen LogP contribution in [0, 0.1) is 5.92 Å². The Morgan fingerprint density at radius 1 is 1.33 bits per heavy atom. The number of nitrogens with one attached hydrogen (secondary N) is 1. The molecule has 0 radical (unpaired) electrons. The number of likely N-dealkylation sites (tertiary alicyclic amines) is 1. The molecule has 2 aliphatic rings. The highest BCUT2D eigenvalue weighted by molar-refractivity contribution is 7.99. The number of carboxylic acid groups (broad SMARTS) is 1. The smallest absolute Gasteiger partial charge is 0.317 e. The molecule has 1 saturated heterocycles. The standard InChI is InChI=1S/C15H26N2O3S/c1-21-13-4-2-3-12(9-13)16-15(20)17-8-7-11(10-17)5-6-14(18)19/h11-13H,2-10H2,1H3,(H,16,20)(H,18,19). The molecule has 2 N–H and O–H groups in total. The SMILES string of the molecule is CSC1CCCC(NC(=O)N2CCC(CCC(=O)O)C2)C1. The Bertz CT molecular complexity index is 378. The van der Waals surface area contributed by atoms with E-state index in [2.05, 4.69) is 11.6 Å². The zero-order valence-electron chi connectivity index (χ0n) is 12.7. The van der Waals surface area contributed by atoms with Crippen LogP contribution in [0.3, 0.4) is 0 Å². The molecule has 21 heavy (non-hydrogen) atoms. The summed E-state index contributed by atoms with van der Waals surface area (Å²) in [5.41, 5.74) is 0. The van der Waals surface area contributed by atoms with E-state index >= 15 is 0 Å². The number of carboxylic acids is 1. The van der Waals surface area contributed by atoms with E-state index in [1.165, 1.54) is 12.8 Å². The zero-order valence-corrected chi connectivity index (χ0v) is 13.5. The monoisotopic (exact) mass is 314 g/mol. The second-order valence-electron chi connectivity index (χ2n) is 6.20. The minimum atomic E-state index is -0.747. The highest BCUT2D eigenvalue weighted by Gasteiger charge is 2.29. The third kappa shape index (κ3) is 5.09. The van der Waals surface area contributed by atoms with Crippen molar-refractivity contribution in [1.29, 1.82) is 0 Å². The van der Waals surface area contributed by atoms with Gasteiger partial charge in [-0.15, -0.1) is 0 Å². The number of thioether (sulfide) groups is 1. The number of aliphatic carboxylic acids is 1. The van der Waals surface area contributed by atoms with Crippen LogP contribution < -0.4 is 5.32 Å². The largest absolute Gasteiger partial charge is 0.481 e. The van der Waals surface area contributed by atoms with Crippen molar-refractivity contribution in [2.45, 2.75) is 56.2 Å². The molecule has 2 amide bonds. The average Bonchev–Trinajstić information content (AvgIpc) is 2.94. The van der Waals surface area contributed by atoms with Gasteiger partial charge in [0.2, 0.25) is 0 Å². The minimum Gasteiger partial charge on any atom is -0.481 e. The van der Waals surface area contributed by atoms with E-state index in [9.17, 15) is 9.59 Å². The third-order valence-electron chi connectivity index (χ3n) is 4.63. The van der Waals surface area contributed by atoms with Crippen LogP contribution in [-0.4, -0.2) is 52.6 Å². The quantitative estimate of drug-likeness (QED) is 0.818. The van der Waals surface area contributed by atoms with Gasteiger partial charge in [-0.3, -0.25) is 4.79 Å². The van der Waals surface area contributed by atoms with Gasteiger partial charge in [0.25, 0.3) is 0 Å². The van der Waals surface area contributed by atoms with Gasteiger partial charge in [0.05, 0.1) is 0 Å². The van der Waals surface area contributed by atoms with Gasteiger partial charge in [-0.2, -0.15) is 11.8 Å². The summed E-state index contributed by atoms with van der Waals surface area (Å²) in [6.07, 6.45) is 8.56. The van der Waals surface area contributed by atoms with Gasteiger partial charge < -0.3 is 15.3 Å². The number of urea groups is 1. The molecule has 0 bridgehead atoms. The maximum absolute atomic E-state index is 12.3. The van der Waals surface area contributed by atoms with Crippen molar-refractivity contribution in [1.82, 2.24) is 10.2 Å². The highest BCUT2D eigenvalue weighted by Crippen LogP contribution is 2.27. The van der Waals surface area contributed by atoms with E-state index in [1.807, 2.05) is 16.7 Å². The number of carbonyl (C=O) groups excluding carboxylic acids is 1. The maximum Gasteiger partial charge on any atom is 0.317 e. The van der Waals surface area contributed by atoms with E-state index in [0.717, 1.165) is 25.8 Å². The predicted octanol–water partition coefficient (Wildman–Crippen LogP) is 2.56. The number of nitrogens with zero attached hydrogens (tertiary/aromatic N) is 1. The van der Waals surface area contributed by atoms with Gasteiger partial charge >= 0.3 is 12.0 Å². The fourth-order valence-electron chi connectivity index (χ4n) is 3.34. The van der Waals surface area contributed by atoms with Crippen molar-refractivity contribution in [3.63, 3.8) is 0 Å². The van der Waals surface area contributed by atoms with Crippen LogP contribution in [0.2, 0.25) is 0 Å². The molecule has 1 saturated carbocycles. The lowest BCUT2D eigenvalue weighted by molar-refractivity contribution is -0.137. The molecule has 6 heteroatoms. The Balaban J connectivity index is 1.72. The van der Waals surface area contributed by atoms with Gasteiger partial charge in [-0.05, 0) is 44.3 Å². The van der Waals surface area contributed by atoms with E-state index in [4.69, 9.17) is 5.11 Å². The summed E-state index contributed by atoms with van der Waals surface area (Å²) in [7, 11) is 0.